The Bertz CT molecular complexity index is 1160. The zero-order valence-electron chi connectivity index (χ0n) is 16.6. The number of carbonyl (C=O) groups is 3. The number of nitrogens with one attached hydrogen (secondary N) is 3. The SMILES string of the molecule is Cc1cccc(NC(=O)c2ccccc2NC(=O)C(=O)NN=Cc2cccc(O)c2)c1. The van der Waals surface area contributed by atoms with E-state index in [4.69, 9.17) is 0 Å². The molecule has 31 heavy (non-hydrogen) atoms. The number of aryl methyl sites for hydroxylation is 1. The molecule has 0 fully saturated rings. The van der Waals surface area contributed by atoms with E-state index in [1.165, 1.54) is 24.4 Å². The maximum atomic E-state index is 12.6. The van der Waals surface area contributed by atoms with Crippen LogP contribution in [0.5, 0.6) is 5.75 Å². The van der Waals surface area contributed by atoms with Gasteiger partial charge in [-0.15, -0.1) is 0 Å². The fourth-order valence-corrected chi connectivity index (χ4v) is 2.71. The number of nitrogens with zero attached hydrogens (tertiary/aromatic N) is 1. The van der Waals surface area contributed by atoms with Crippen LogP contribution < -0.4 is 16.1 Å². The number of phenolic OH excluding ortho intramolecular Hbond substituents is 1. The molecule has 3 rings (SSSR count). The summed E-state index contributed by atoms with van der Waals surface area (Å²) < 4.78 is 0. The molecule has 156 valence electrons. The van der Waals surface area contributed by atoms with E-state index in [2.05, 4.69) is 21.2 Å². The van der Waals surface area contributed by atoms with Gasteiger partial charge in [0.05, 0.1) is 17.5 Å². The van der Waals surface area contributed by atoms with E-state index in [0.717, 1.165) is 5.56 Å². The number of anilines is 2. The highest BCUT2D eigenvalue weighted by Gasteiger charge is 2.17. The van der Waals surface area contributed by atoms with Crippen molar-refractivity contribution in [3.05, 3.63) is 89.5 Å². The highest BCUT2D eigenvalue weighted by atomic mass is 16.3. The van der Waals surface area contributed by atoms with Gasteiger partial charge in [-0.3, -0.25) is 14.4 Å². The number of amides is 3. The topological polar surface area (TPSA) is 120 Å². The van der Waals surface area contributed by atoms with Crippen molar-refractivity contribution in [1.29, 1.82) is 0 Å². The number of aromatic hydroxyl groups is 1. The number of hydrogen-bond acceptors (Lipinski definition) is 5. The molecule has 0 aliphatic rings. The van der Waals surface area contributed by atoms with Crippen LogP contribution >= 0.6 is 0 Å². The first kappa shape index (κ1) is 21.3. The molecule has 0 radical (unpaired) electrons. The molecule has 4 N–H and O–H groups in total. The lowest BCUT2D eigenvalue weighted by molar-refractivity contribution is -0.136. The highest BCUT2D eigenvalue weighted by molar-refractivity contribution is 6.40. The normalized spacial score (nSPS) is 10.5. The zero-order valence-corrected chi connectivity index (χ0v) is 16.6. The fraction of sp³-hybridized carbons (Fsp3) is 0.0435. The van der Waals surface area contributed by atoms with E-state index in [1.54, 1.807) is 36.4 Å². The largest absolute Gasteiger partial charge is 0.508 e. The van der Waals surface area contributed by atoms with Gasteiger partial charge in [-0.2, -0.15) is 5.10 Å². The first-order chi connectivity index (χ1) is 14.9. The van der Waals surface area contributed by atoms with Gasteiger partial charge in [0.2, 0.25) is 0 Å². The van der Waals surface area contributed by atoms with Crippen LogP contribution in [0.4, 0.5) is 11.4 Å². The molecule has 0 saturated heterocycles. The summed E-state index contributed by atoms with van der Waals surface area (Å²) in [6, 6.07) is 19.9. The van der Waals surface area contributed by atoms with Gasteiger partial charge in [-0.25, -0.2) is 5.43 Å². The van der Waals surface area contributed by atoms with Crippen LogP contribution in [-0.2, 0) is 9.59 Å². The summed E-state index contributed by atoms with van der Waals surface area (Å²) in [7, 11) is 0. The first-order valence-electron chi connectivity index (χ1n) is 9.33. The average Bonchev–Trinajstić information content (AvgIpc) is 2.74. The van der Waals surface area contributed by atoms with Crippen molar-refractivity contribution in [3.63, 3.8) is 0 Å². The van der Waals surface area contributed by atoms with Crippen LogP contribution in [0, 0.1) is 6.92 Å². The van der Waals surface area contributed by atoms with Gasteiger partial charge in [0, 0.05) is 5.69 Å². The van der Waals surface area contributed by atoms with Crippen LogP contribution in [0.2, 0.25) is 0 Å². The van der Waals surface area contributed by atoms with E-state index in [9.17, 15) is 19.5 Å². The summed E-state index contributed by atoms with van der Waals surface area (Å²) in [5.41, 5.74) is 4.63. The second-order valence-corrected chi connectivity index (χ2v) is 6.62. The molecule has 8 nitrogen and oxygen atoms in total. The first-order valence-corrected chi connectivity index (χ1v) is 9.33. The van der Waals surface area contributed by atoms with Gasteiger partial charge in [0.15, 0.2) is 0 Å². The van der Waals surface area contributed by atoms with E-state index >= 15 is 0 Å². The van der Waals surface area contributed by atoms with E-state index in [-0.39, 0.29) is 17.0 Å². The Hall–Kier alpha value is -4.46. The van der Waals surface area contributed by atoms with E-state index in [1.807, 2.05) is 25.1 Å². The quantitative estimate of drug-likeness (QED) is 0.290. The lowest BCUT2D eigenvalue weighted by Gasteiger charge is -2.11. The van der Waals surface area contributed by atoms with Gasteiger partial charge in [-0.05, 0) is 54.4 Å². The molecule has 3 amide bonds. The summed E-state index contributed by atoms with van der Waals surface area (Å²) in [5, 5.41) is 18.3. The second kappa shape index (κ2) is 9.84. The third-order valence-electron chi connectivity index (χ3n) is 4.15. The number of carbonyl (C=O) groups excluding carboxylic acids is 3. The molecule has 0 unspecified atom stereocenters. The Kier molecular flexibility index (Phi) is 6.74. The van der Waals surface area contributed by atoms with Crippen molar-refractivity contribution in [2.75, 3.05) is 10.6 Å². The Morgan fingerprint density at radius 3 is 2.42 bits per heavy atom. The Morgan fingerprint density at radius 2 is 1.65 bits per heavy atom. The van der Waals surface area contributed by atoms with Gasteiger partial charge < -0.3 is 15.7 Å². The highest BCUT2D eigenvalue weighted by Crippen LogP contribution is 2.18. The Morgan fingerprint density at radius 1 is 0.871 bits per heavy atom. The van der Waals surface area contributed by atoms with Crippen molar-refractivity contribution < 1.29 is 19.5 Å². The van der Waals surface area contributed by atoms with Gasteiger partial charge in [-0.1, -0.05) is 36.4 Å². The van der Waals surface area contributed by atoms with Crippen LogP contribution in [0.15, 0.2) is 77.9 Å². The lowest BCUT2D eigenvalue weighted by Crippen LogP contribution is -2.33. The number of hydrazone groups is 1. The Labute approximate surface area is 178 Å². The maximum Gasteiger partial charge on any atom is 0.329 e. The van der Waals surface area contributed by atoms with Crippen molar-refractivity contribution in [2.24, 2.45) is 5.10 Å². The molecule has 0 heterocycles. The van der Waals surface area contributed by atoms with Gasteiger partial charge in [0.1, 0.15) is 5.75 Å². The van der Waals surface area contributed by atoms with Crippen molar-refractivity contribution >= 4 is 35.3 Å². The van der Waals surface area contributed by atoms with E-state index in [0.29, 0.717) is 11.3 Å². The third kappa shape index (κ3) is 6.01. The van der Waals surface area contributed by atoms with Crippen LogP contribution in [0.3, 0.4) is 0 Å². The maximum absolute atomic E-state index is 12.6. The number of phenols is 1. The summed E-state index contributed by atoms with van der Waals surface area (Å²) in [6.07, 6.45) is 1.29. The monoisotopic (exact) mass is 416 g/mol. The predicted octanol–water partition coefficient (Wildman–Crippen LogP) is 3.04. The standard InChI is InChI=1S/C23H20N4O4/c1-15-6-4-8-17(12-15)25-21(29)19-10-2-3-11-20(19)26-22(30)23(31)27-24-14-16-7-5-9-18(28)13-16/h2-14,28H,1H3,(H,25,29)(H,26,30)(H,27,31). The molecule has 8 heteroatoms. The summed E-state index contributed by atoms with van der Waals surface area (Å²) in [4.78, 5) is 36.9. The fourth-order valence-electron chi connectivity index (χ4n) is 2.71. The number of rotatable bonds is 5. The third-order valence-corrected chi connectivity index (χ3v) is 4.15. The minimum Gasteiger partial charge on any atom is -0.508 e. The lowest BCUT2D eigenvalue weighted by atomic mass is 10.1. The molecule has 0 aliphatic carbocycles. The summed E-state index contributed by atoms with van der Waals surface area (Å²) in [5.74, 6) is -2.37. The average molecular weight is 416 g/mol. The number of benzene rings is 3. The predicted molar refractivity (Wildman–Crippen MR) is 118 cm³/mol. The van der Waals surface area contributed by atoms with Crippen LogP contribution in [0.1, 0.15) is 21.5 Å². The zero-order chi connectivity index (χ0) is 22.2. The summed E-state index contributed by atoms with van der Waals surface area (Å²) >= 11 is 0. The Balaban J connectivity index is 1.64. The molecular weight excluding hydrogens is 396 g/mol. The molecule has 0 atom stereocenters. The number of hydrogen-bond donors (Lipinski definition) is 4. The molecule has 3 aromatic rings. The molecule has 0 bridgehead atoms. The van der Waals surface area contributed by atoms with Gasteiger partial charge >= 0.3 is 11.8 Å². The minimum atomic E-state index is -1.01. The molecule has 0 aliphatic heterocycles. The molecular formula is C23H20N4O4. The minimum absolute atomic E-state index is 0.0496. The summed E-state index contributed by atoms with van der Waals surface area (Å²) in [6.45, 7) is 1.91. The smallest absolute Gasteiger partial charge is 0.329 e. The van der Waals surface area contributed by atoms with Crippen molar-refractivity contribution in [1.82, 2.24) is 5.43 Å². The van der Waals surface area contributed by atoms with Crippen molar-refractivity contribution in [3.8, 4) is 5.75 Å². The molecule has 0 spiro atoms. The van der Waals surface area contributed by atoms with Gasteiger partial charge in [0.25, 0.3) is 5.91 Å². The van der Waals surface area contributed by atoms with Crippen LogP contribution in [0.25, 0.3) is 0 Å². The number of para-hydroxylation sites is 1. The second-order valence-electron chi connectivity index (χ2n) is 6.62. The van der Waals surface area contributed by atoms with E-state index < -0.39 is 17.7 Å². The van der Waals surface area contributed by atoms with Crippen LogP contribution in [-0.4, -0.2) is 29.0 Å². The molecule has 3 aromatic carbocycles. The molecule has 0 aromatic heterocycles. The molecule has 0 saturated carbocycles. The van der Waals surface area contributed by atoms with Crippen molar-refractivity contribution in [2.45, 2.75) is 6.92 Å².